The van der Waals surface area contributed by atoms with Crippen LogP contribution in [0.15, 0.2) is 195 Å². The average molecular weight is 649 g/mol. The van der Waals surface area contributed by atoms with Crippen LogP contribution in [0.2, 0.25) is 0 Å². The van der Waals surface area contributed by atoms with Gasteiger partial charge in [0.2, 0.25) is 0 Å². The Morgan fingerprint density at radius 3 is 1.20 bits per heavy atom. The van der Waals surface area contributed by atoms with Gasteiger partial charge in [0.05, 0.1) is 10.6 Å². The largest absolute Gasteiger partial charge is 0.311 e. The van der Waals surface area contributed by atoms with E-state index >= 15 is 0 Å². The summed E-state index contributed by atoms with van der Waals surface area (Å²) < 4.78 is 0. The van der Waals surface area contributed by atoms with Crippen LogP contribution in [0.4, 0.5) is 34.1 Å². The van der Waals surface area contributed by atoms with Gasteiger partial charge in [0.25, 0.3) is 0 Å². The van der Waals surface area contributed by atoms with E-state index in [-0.39, 0.29) is 0 Å². The Bertz CT molecular complexity index is 2170. The first kappa shape index (κ1) is 30.1. The normalized spacial score (nSPS) is 10.9. The van der Waals surface area contributed by atoms with Crippen molar-refractivity contribution in [1.82, 2.24) is 9.97 Å². The summed E-state index contributed by atoms with van der Waals surface area (Å²) in [5.74, 6) is 0. The lowest BCUT2D eigenvalue weighted by atomic mass is 10.0. The summed E-state index contributed by atoms with van der Waals surface area (Å²) in [5, 5.41) is 0. The van der Waals surface area contributed by atoms with Crippen molar-refractivity contribution in [3.63, 3.8) is 0 Å². The standard InChI is InChI=1S/C44H32N4S/c1-5-13-35(14-6-1)47(36-15-7-2-8-16-36)39-25-21-33(22-26-39)41-31-45-32-46-44(41)43-30-29-42(49-43)34-23-27-40(28-24-34)48(37-17-9-3-10-18-37)38-19-11-4-12-20-38/h1-32H. The van der Waals surface area contributed by atoms with Gasteiger partial charge in [-0.2, -0.15) is 0 Å². The van der Waals surface area contributed by atoms with Crippen molar-refractivity contribution in [3.05, 3.63) is 195 Å². The van der Waals surface area contributed by atoms with E-state index in [1.54, 1.807) is 17.7 Å². The second-order valence-electron chi connectivity index (χ2n) is 11.6. The molecule has 0 spiro atoms. The molecule has 6 aromatic carbocycles. The second kappa shape index (κ2) is 13.8. The van der Waals surface area contributed by atoms with Gasteiger partial charge in [-0.25, -0.2) is 9.97 Å². The van der Waals surface area contributed by atoms with E-state index in [1.807, 2.05) is 30.5 Å². The van der Waals surface area contributed by atoms with E-state index in [1.165, 1.54) is 10.4 Å². The molecule has 2 aromatic heterocycles. The molecule has 5 heteroatoms. The third-order valence-corrected chi connectivity index (χ3v) is 9.60. The molecule has 8 aromatic rings. The van der Waals surface area contributed by atoms with E-state index in [0.29, 0.717) is 0 Å². The van der Waals surface area contributed by atoms with Crippen molar-refractivity contribution in [3.8, 4) is 32.1 Å². The molecule has 0 aliphatic carbocycles. The fourth-order valence-electron chi connectivity index (χ4n) is 6.13. The van der Waals surface area contributed by atoms with Crippen LogP contribution in [0.5, 0.6) is 0 Å². The molecular formula is C44H32N4S. The van der Waals surface area contributed by atoms with Crippen LogP contribution in [0.1, 0.15) is 0 Å². The highest BCUT2D eigenvalue weighted by Crippen LogP contribution is 2.41. The van der Waals surface area contributed by atoms with Crippen molar-refractivity contribution in [2.24, 2.45) is 0 Å². The summed E-state index contributed by atoms with van der Waals surface area (Å²) in [6, 6.07) is 63.7. The lowest BCUT2D eigenvalue weighted by Crippen LogP contribution is -2.09. The van der Waals surface area contributed by atoms with Gasteiger partial charge in [0.15, 0.2) is 0 Å². The first-order valence-corrected chi connectivity index (χ1v) is 17.0. The lowest BCUT2D eigenvalue weighted by Gasteiger charge is -2.25. The minimum Gasteiger partial charge on any atom is -0.311 e. The Labute approximate surface area is 290 Å². The van der Waals surface area contributed by atoms with E-state index in [4.69, 9.17) is 4.98 Å². The number of hydrogen-bond donors (Lipinski definition) is 0. The van der Waals surface area contributed by atoms with E-state index in [0.717, 1.165) is 55.8 Å². The minimum atomic E-state index is 0.929. The molecule has 0 atom stereocenters. The summed E-state index contributed by atoms with van der Waals surface area (Å²) >= 11 is 1.75. The maximum absolute atomic E-state index is 4.77. The molecule has 49 heavy (non-hydrogen) atoms. The molecular weight excluding hydrogens is 617 g/mol. The molecule has 0 saturated heterocycles. The van der Waals surface area contributed by atoms with Gasteiger partial charge in [-0.05, 0) is 96.1 Å². The molecule has 0 bridgehead atoms. The molecule has 0 amide bonds. The Balaban J connectivity index is 1.08. The number of para-hydroxylation sites is 4. The van der Waals surface area contributed by atoms with Crippen molar-refractivity contribution in [2.45, 2.75) is 0 Å². The average Bonchev–Trinajstić information content (AvgIpc) is 3.68. The highest BCUT2D eigenvalue weighted by atomic mass is 32.1. The number of hydrogen-bond acceptors (Lipinski definition) is 5. The van der Waals surface area contributed by atoms with E-state index < -0.39 is 0 Å². The van der Waals surface area contributed by atoms with Crippen LogP contribution in [0, 0.1) is 0 Å². The summed E-state index contributed by atoms with van der Waals surface area (Å²) in [6.07, 6.45) is 3.55. The topological polar surface area (TPSA) is 32.3 Å². The predicted octanol–water partition coefficient (Wildman–Crippen LogP) is 12.5. The first-order valence-electron chi connectivity index (χ1n) is 16.2. The number of thiophene rings is 1. The highest BCUT2D eigenvalue weighted by molar-refractivity contribution is 7.18. The quantitative estimate of drug-likeness (QED) is 0.156. The van der Waals surface area contributed by atoms with Crippen molar-refractivity contribution < 1.29 is 0 Å². The number of benzene rings is 6. The molecule has 0 aliphatic rings. The number of aromatic nitrogens is 2. The Morgan fingerprint density at radius 2 is 0.755 bits per heavy atom. The molecule has 0 radical (unpaired) electrons. The zero-order valence-corrected chi connectivity index (χ0v) is 27.5. The Morgan fingerprint density at radius 1 is 0.367 bits per heavy atom. The van der Waals surface area contributed by atoms with Gasteiger partial charge in [0.1, 0.15) is 6.33 Å². The Kier molecular flexibility index (Phi) is 8.48. The second-order valence-corrected chi connectivity index (χ2v) is 12.6. The fourth-order valence-corrected chi connectivity index (χ4v) is 7.15. The van der Waals surface area contributed by atoms with Crippen LogP contribution < -0.4 is 9.80 Å². The van der Waals surface area contributed by atoms with E-state index in [9.17, 15) is 0 Å². The summed E-state index contributed by atoms with van der Waals surface area (Å²) in [4.78, 5) is 16.0. The fraction of sp³-hybridized carbons (Fsp3) is 0. The highest BCUT2D eigenvalue weighted by Gasteiger charge is 2.16. The van der Waals surface area contributed by atoms with Crippen molar-refractivity contribution in [2.75, 3.05) is 9.80 Å². The van der Waals surface area contributed by atoms with Crippen LogP contribution in [-0.2, 0) is 0 Å². The van der Waals surface area contributed by atoms with Gasteiger partial charge in [-0.3, -0.25) is 0 Å². The van der Waals surface area contributed by atoms with Crippen molar-refractivity contribution >= 4 is 45.5 Å². The molecule has 0 aliphatic heterocycles. The minimum absolute atomic E-state index is 0.929. The van der Waals surface area contributed by atoms with Crippen LogP contribution in [0.25, 0.3) is 32.1 Å². The van der Waals surface area contributed by atoms with Gasteiger partial charge in [-0.15, -0.1) is 11.3 Å². The molecule has 8 rings (SSSR count). The smallest absolute Gasteiger partial charge is 0.116 e. The molecule has 0 unspecified atom stereocenters. The number of anilines is 6. The summed E-state index contributed by atoms with van der Waals surface area (Å²) in [5.41, 5.74) is 10.8. The summed E-state index contributed by atoms with van der Waals surface area (Å²) in [6.45, 7) is 0. The van der Waals surface area contributed by atoms with Crippen LogP contribution >= 0.6 is 11.3 Å². The molecule has 0 fully saturated rings. The molecule has 4 nitrogen and oxygen atoms in total. The van der Waals surface area contributed by atoms with E-state index in [2.05, 4.69) is 173 Å². The third-order valence-electron chi connectivity index (χ3n) is 8.46. The van der Waals surface area contributed by atoms with Gasteiger partial charge in [0, 0.05) is 50.8 Å². The zero-order valence-electron chi connectivity index (χ0n) is 26.7. The first-order chi connectivity index (χ1) is 24.3. The molecule has 0 N–H and O–H groups in total. The SMILES string of the molecule is c1ccc(N(c2ccccc2)c2ccc(-c3ccc(-c4ncncc4-c4ccc(N(c5ccccc5)c5ccccc5)cc4)s3)cc2)cc1. The van der Waals surface area contributed by atoms with Gasteiger partial charge >= 0.3 is 0 Å². The Hall–Kier alpha value is -6.30. The number of nitrogens with zero attached hydrogens (tertiary/aromatic N) is 4. The van der Waals surface area contributed by atoms with Crippen molar-refractivity contribution in [1.29, 1.82) is 0 Å². The lowest BCUT2D eigenvalue weighted by molar-refractivity contribution is 1.18. The van der Waals surface area contributed by atoms with Crippen LogP contribution in [-0.4, -0.2) is 9.97 Å². The van der Waals surface area contributed by atoms with Gasteiger partial charge < -0.3 is 9.80 Å². The van der Waals surface area contributed by atoms with Gasteiger partial charge in [-0.1, -0.05) is 97.1 Å². The predicted molar refractivity (Wildman–Crippen MR) is 206 cm³/mol. The summed E-state index contributed by atoms with van der Waals surface area (Å²) in [7, 11) is 0. The maximum atomic E-state index is 4.77. The monoisotopic (exact) mass is 648 g/mol. The zero-order chi connectivity index (χ0) is 32.8. The third kappa shape index (κ3) is 6.35. The molecule has 234 valence electrons. The maximum Gasteiger partial charge on any atom is 0.116 e. The molecule has 0 saturated carbocycles. The number of rotatable bonds is 9. The van der Waals surface area contributed by atoms with Crippen LogP contribution in [0.3, 0.4) is 0 Å². The molecule has 2 heterocycles.